The molecule has 1 aromatic rings. The first-order valence-electron chi connectivity index (χ1n) is 7.36. The van der Waals surface area contributed by atoms with Crippen LogP contribution in [0.5, 0.6) is 0 Å². The summed E-state index contributed by atoms with van der Waals surface area (Å²) >= 11 is 0. The van der Waals surface area contributed by atoms with Gasteiger partial charge >= 0.3 is 0 Å². The molecule has 0 aliphatic heterocycles. The van der Waals surface area contributed by atoms with Crippen molar-refractivity contribution in [2.24, 2.45) is 0 Å². The summed E-state index contributed by atoms with van der Waals surface area (Å²) < 4.78 is 34.1. The molecule has 21 heavy (non-hydrogen) atoms. The van der Waals surface area contributed by atoms with Crippen molar-refractivity contribution in [3.63, 3.8) is 0 Å². The number of hydrogen-bond acceptors (Lipinski definition) is 5. The number of aromatic nitrogens is 2. The molecule has 0 atom stereocenters. The van der Waals surface area contributed by atoms with Gasteiger partial charge < -0.3 is 4.52 Å². The quantitative estimate of drug-likeness (QED) is 0.824. The lowest BCUT2D eigenvalue weighted by Gasteiger charge is -2.12. The van der Waals surface area contributed by atoms with Gasteiger partial charge in [0, 0.05) is 24.4 Å². The van der Waals surface area contributed by atoms with Crippen LogP contribution in [0.15, 0.2) is 4.52 Å². The van der Waals surface area contributed by atoms with Gasteiger partial charge in [0.2, 0.25) is 5.89 Å². The molecule has 1 heterocycles. The van der Waals surface area contributed by atoms with Crippen molar-refractivity contribution in [1.29, 1.82) is 0 Å². The Hall–Kier alpha value is -0.990. The molecule has 1 aliphatic carbocycles. The average molecular weight is 316 g/mol. The maximum atomic E-state index is 11.9. The summed E-state index contributed by atoms with van der Waals surface area (Å²) in [5, 5.41) is 3.86. The average Bonchev–Trinajstić information content (AvgIpc) is 2.98. The van der Waals surface area contributed by atoms with E-state index in [2.05, 4.69) is 19.6 Å². The van der Waals surface area contributed by atoms with Crippen LogP contribution in [0, 0.1) is 0 Å². The molecule has 1 fully saturated rings. The highest BCUT2D eigenvalue weighted by molar-refractivity contribution is 7.87. The van der Waals surface area contributed by atoms with E-state index in [1.807, 2.05) is 20.8 Å². The molecule has 0 radical (unpaired) electrons. The molecule has 0 aromatic carbocycles. The molecule has 0 unspecified atom stereocenters. The third-order valence-electron chi connectivity index (χ3n) is 3.43. The van der Waals surface area contributed by atoms with Crippen molar-refractivity contribution in [2.45, 2.75) is 64.3 Å². The van der Waals surface area contributed by atoms with Crippen LogP contribution in [0.2, 0.25) is 0 Å². The van der Waals surface area contributed by atoms with E-state index in [1.165, 1.54) is 0 Å². The van der Waals surface area contributed by atoms with Crippen molar-refractivity contribution in [2.75, 3.05) is 6.54 Å². The summed E-state index contributed by atoms with van der Waals surface area (Å²) in [6.45, 7) is 6.21. The second kappa shape index (κ2) is 6.41. The fourth-order valence-electron chi connectivity index (χ4n) is 2.26. The Labute approximate surface area is 126 Å². The zero-order valence-electron chi connectivity index (χ0n) is 12.8. The van der Waals surface area contributed by atoms with Crippen molar-refractivity contribution in [1.82, 2.24) is 19.6 Å². The van der Waals surface area contributed by atoms with E-state index in [9.17, 15) is 8.42 Å². The minimum atomic E-state index is -3.44. The van der Waals surface area contributed by atoms with E-state index in [-0.39, 0.29) is 18.0 Å². The Bertz CT molecular complexity index is 556. The third kappa shape index (κ3) is 5.05. The Morgan fingerprint density at radius 2 is 1.95 bits per heavy atom. The molecule has 0 saturated heterocycles. The predicted molar refractivity (Wildman–Crippen MR) is 79.0 cm³/mol. The summed E-state index contributed by atoms with van der Waals surface area (Å²) in [5.41, 5.74) is -0.200. The number of rotatable bonds is 6. The lowest BCUT2D eigenvalue weighted by molar-refractivity contribution is 0.318. The fourth-order valence-corrected chi connectivity index (χ4v) is 3.39. The molecular formula is C13H24N4O3S. The van der Waals surface area contributed by atoms with E-state index in [0.717, 1.165) is 25.7 Å². The molecule has 120 valence electrons. The summed E-state index contributed by atoms with van der Waals surface area (Å²) in [5.74, 6) is 1.08. The molecule has 8 heteroatoms. The second-order valence-electron chi connectivity index (χ2n) is 6.51. The number of nitrogens with zero attached hydrogens (tertiary/aromatic N) is 2. The van der Waals surface area contributed by atoms with Crippen LogP contribution >= 0.6 is 0 Å². The van der Waals surface area contributed by atoms with Crippen molar-refractivity contribution < 1.29 is 12.9 Å². The Morgan fingerprint density at radius 1 is 1.29 bits per heavy atom. The Morgan fingerprint density at radius 3 is 2.52 bits per heavy atom. The molecule has 0 bridgehead atoms. The van der Waals surface area contributed by atoms with Crippen molar-refractivity contribution in [3.05, 3.63) is 11.7 Å². The van der Waals surface area contributed by atoms with Crippen LogP contribution in [-0.4, -0.2) is 31.1 Å². The van der Waals surface area contributed by atoms with Gasteiger partial charge in [-0.25, -0.2) is 4.72 Å². The number of hydrogen-bond donors (Lipinski definition) is 2. The second-order valence-corrected chi connectivity index (χ2v) is 8.04. The standard InChI is InChI=1S/C13H24N4O3S/c1-13(2,3)12-15-11(16-20-12)8-9-14-21(18,19)17-10-6-4-5-7-10/h10,14,17H,4-9H2,1-3H3. The van der Waals surface area contributed by atoms with E-state index < -0.39 is 10.2 Å². The first kappa shape index (κ1) is 16.4. The smallest absolute Gasteiger partial charge is 0.277 e. The molecule has 1 aliphatic rings. The van der Waals surface area contributed by atoms with Crippen molar-refractivity contribution >= 4 is 10.2 Å². The summed E-state index contributed by atoms with van der Waals surface area (Å²) in [6, 6.07) is 0.0696. The monoisotopic (exact) mass is 316 g/mol. The topological polar surface area (TPSA) is 97.1 Å². The van der Waals surface area contributed by atoms with Gasteiger partial charge in [-0.1, -0.05) is 38.8 Å². The zero-order chi connectivity index (χ0) is 15.5. The van der Waals surface area contributed by atoms with Crippen LogP contribution < -0.4 is 9.44 Å². The largest absolute Gasteiger partial charge is 0.339 e. The van der Waals surface area contributed by atoms with E-state index >= 15 is 0 Å². The van der Waals surface area contributed by atoms with Crippen molar-refractivity contribution in [3.8, 4) is 0 Å². The molecule has 0 amide bonds. The van der Waals surface area contributed by atoms with Crippen LogP contribution in [0.1, 0.15) is 58.2 Å². The van der Waals surface area contributed by atoms with Crippen LogP contribution in [0.3, 0.4) is 0 Å². The molecule has 2 rings (SSSR count). The predicted octanol–water partition coefficient (Wildman–Crippen LogP) is 1.28. The maximum Gasteiger partial charge on any atom is 0.277 e. The molecule has 1 saturated carbocycles. The van der Waals surface area contributed by atoms with Gasteiger partial charge in [0.1, 0.15) is 0 Å². The highest BCUT2D eigenvalue weighted by atomic mass is 32.2. The van der Waals surface area contributed by atoms with Gasteiger partial charge in [0.05, 0.1) is 0 Å². The fraction of sp³-hybridized carbons (Fsp3) is 0.846. The highest BCUT2D eigenvalue weighted by Crippen LogP contribution is 2.20. The lowest BCUT2D eigenvalue weighted by atomic mass is 9.97. The summed E-state index contributed by atoms with van der Waals surface area (Å²) in [6.07, 6.45) is 4.42. The van der Waals surface area contributed by atoms with Gasteiger partial charge in [0.15, 0.2) is 5.82 Å². The SMILES string of the molecule is CC(C)(C)c1nc(CCNS(=O)(=O)NC2CCCC2)no1. The van der Waals surface area contributed by atoms with Gasteiger partial charge in [0.25, 0.3) is 10.2 Å². The van der Waals surface area contributed by atoms with E-state index in [4.69, 9.17) is 4.52 Å². The van der Waals surface area contributed by atoms with Crippen LogP contribution in [-0.2, 0) is 22.0 Å². The van der Waals surface area contributed by atoms with Gasteiger partial charge in [-0.05, 0) is 12.8 Å². The Kier molecular flexibility index (Phi) is 5.00. The van der Waals surface area contributed by atoms with Crippen LogP contribution in [0.25, 0.3) is 0 Å². The van der Waals surface area contributed by atoms with Gasteiger partial charge in [-0.2, -0.15) is 18.1 Å². The first-order valence-corrected chi connectivity index (χ1v) is 8.84. The van der Waals surface area contributed by atoms with Gasteiger partial charge in [-0.15, -0.1) is 0 Å². The summed E-state index contributed by atoms with van der Waals surface area (Å²) in [4.78, 5) is 4.27. The lowest BCUT2D eigenvalue weighted by Crippen LogP contribution is -2.42. The molecule has 0 spiro atoms. The normalized spacial score (nSPS) is 17.5. The molecule has 1 aromatic heterocycles. The van der Waals surface area contributed by atoms with Gasteiger partial charge in [-0.3, -0.25) is 0 Å². The first-order chi connectivity index (χ1) is 9.76. The maximum absolute atomic E-state index is 11.9. The third-order valence-corrected chi connectivity index (χ3v) is 4.66. The molecule has 2 N–H and O–H groups in total. The van der Waals surface area contributed by atoms with E-state index in [0.29, 0.717) is 18.1 Å². The molecule has 7 nitrogen and oxygen atoms in total. The summed E-state index contributed by atoms with van der Waals surface area (Å²) in [7, 11) is -3.44. The zero-order valence-corrected chi connectivity index (χ0v) is 13.7. The van der Waals surface area contributed by atoms with E-state index in [1.54, 1.807) is 0 Å². The van der Waals surface area contributed by atoms with Crippen LogP contribution in [0.4, 0.5) is 0 Å². The minimum absolute atomic E-state index is 0.0696. The number of nitrogens with one attached hydrogen (secondary N) is 2. The Balaban J connectivity index is 1.79. The highest BCUT2D eigenvalue weighted by Gasteiger charge is 2.23. The minimum Gasteiger partial charge on any atom is -0.339 e. The molecular weight excluding hydrogens is 292 g/mol.